The first-order valence-electron chi connectivity index (χ1n) is 7.85. The van der Waals surface area contributed by atoms with E-state index in [-0.39, 0.29) is 5.91 Å². The number of hydrogen-bond donors (Lipinski definition) is 1. The summed E-state index contributed by atoms with van der Waals surface area (Å²) in [4.78, 5) is 14.2. The van der Waals surface area contributed by atoms with Crippen LogP contribution in [-0.4, -0.2) is 34.1 Å². The van der Waals surface area contributed by atoms with Gasteiger partial charge in [-0.2, -0.15) is 5.10 Å². The van der Waals surface area contributed by atoms with Crippen LogP contribution < -0.4 is 0 Å². The summed E-state index contributed by atoms with van der Waals surface area (Å²) in [6, 6.07) is 4.04. The number of carbonyl (C=O) groups excluding carboxylic acids is 1. The summed E-state index contributed by atoms with van der Waals surface area (Å²) in [5.74, 6) is -1.24. The highest BCUT2D eigenvalue weighted by Crippen LogP contribution is 2.23. The van der Waals surface area contributed by atoms with Gasteiger partial charge in [-0.25, -0.2) is 8.78 Å². The topological polar surface area (TPSA) is 49.0 Å². The van der Waals surface area contributed by atoms with Gasteiger partial charge in [0.1, 0.15) is 0 Å². The van der Waals surface area contributed by atoms with Crippen molar-refractivity contribution in [1.82, 2.24) is 15.1 Å². The van der Waals surface area contributed by atoms with Gasteiger partial charge in [0.25, 0.3) is 5.91 Å². The summed E-state index contributed by atoms with van der Waals surface area (Å²) in [5.41, 5.74) is 1.37. The van der Waals surface area contributed by atoms with Crippen molar-refractivity contribution in [2.75, 3.05) is 13.1 Å². The fourth-order valence-corrected chi connectivity index (χ4v) is 3.10. The quantitative estimate of drug-likeness (QED) is 0.941. The van der Waals surface area contributed by atoms with Crippen LogP contribution in [0.3, 0.4) is 0 Å². The Labute approximate surface area is 133 Å². The molecule has 1 aromatic carbocycles. The van der Waals surface area contributed by atoms with Crippen LogP contribution in [-0.2, 0) is 6.42 Å². The molecule has 0 saturated carbocycles. The van der Waals surface area contributed by atoms with Gasteiger partial charge in [-0.05, 0) is 49.3 Å². The molecule has 3 rings (SSSR count). The first kappa shape index (κ1) is 15.6. The van der Waals surface area contributed by atoms with Crippen molar-refractivity contribution < 1.29 is 13.6 Å². The summed E-state index contributed by atoms with van der Waals surface area (Å²) in [6.45, 7) is 1.46. The molecule has 1 atom stereocenters. The second-order valence-electron chi connectivity index (χ2n) is 6.03. The van der Waals surface area contributed by atoms with Crippen LogP contribution in [0.2, 0.25) is 0 Å². The van der Waals surface area contributed by atoms with E-state index in [0.29, 0.717) is 24.4 Å². The predicted octanol–water partition coefficient (Wildman–Crippen LogP) is 3.17. The molecule has 0 bridgehead atoms. The first-order chi connectivity index (χ1) is 11.1. The van der Waals surface area contributed by atoms with E-state index < -0.39 is 11.6 Å². The van der Waals surface area contributed by atoms with E-state index >= 15 is 0 Å². The van der Waals surface area contributed by atoms with E-state index in [0.717, 1.165) is 31.4 Å². The molecule has 6 heteroatoms. The average molecular weight is 319 g/mol. The van der Waals surface area contributed by atoms with Gasteiger partial charge in [0.2, 0.25) is 0 Å². The molecule has 0 spiro atoms. The van der Waals surface area contributed by atoms with E-state index in [2.05, 4.69) is 10.2 Å². The van der Waals surface area contributed by atoms with E-state index in [4.69, 9.17) is 0 Å². The van der Waals surface area contributed by atoms with Crippen LogP contribution in [0.15, 0.2) is 30.6 Å². The molecule has 0 aliphatic carbocycles. The van der Waals surface area contributed by atoms with Gasteiger partial charge in [-0.3, -0.25) is 9.89 Å². The lowest BCUT2D eigenvalue weighted by Gasteiger charge is -2.32. The Kier molecular flexibility index (Phi) is 4.69. The molecular weight excluding hydrogens is 300 g/mol. The predicted molar refractivity (Wildman–Crippen MR) is 81.9 cm³/mol. The normalized spacial score (nSPS) is 18.2. The number of piperidine rings is 1. The van der Waals surface area contributed by atoms with Gasteiger partial charge in [0, 0.05) is 19.3 Å². The molecule has 2 aromatic rings. The lowest BCUT2D eigenvalue weighted by atomic mass is 9.91. The summed E-state index contributed by atoms with van der Waals surface area (Å²) < 4.78 is 26.2. The molecule has 0 radical (unpaired) electrons. The van der Waals surface area contributed by atoms with Crippen molar-refractivity contribution in [3.63, 3.8) is 0 Å². The lowest BCUT2D eigenvalue weighted by Crippen LogP contribution is -2.39. The Balaban J connectivity index is 1.56. The third-order valence-corrected chi connectivity index (χ3v) is 4.38. The molecule has 1 unspecified atom stereocenters. The summed E-state index contributed by atoms with van der Waals surface area (Å²) in [6.07, 6.45) is 6.71. The third-order valence-electron chi connectivity index (χ3n) is 4.38. The molecule has 1 fully saturated rings. The molecule has 1 aliphatic rings. The van der Waals surface area contributed by atoms with E-state index in [1.165, 1.54) is 18.3 Å². The Morgan fingerprint density at radius 3 is 2.96 bits per heavy atom. The van der Waals surface area contributed by atoms with Crippen LogP contribution in [0.4, 0.5) is 8.78 Å². The molecule has 122 valence electrons. The highest BCUT2D eigenvalue weighted by Gasteiger charge is 2.24. The maximum absolute atomic E-state index is 13.2. The number of nitrogens with zero attached hydrogens (tertiary/aromatic N) is 2. The molecular formula is C17H19F2N3O. The van der Waals surface area contributed by atoms with Gasteiger partial charge >= 0.3 is 0 Å². The van der Waals surface area contributed by atoms with Gasteiger partial charge in [0.05, 0.1) is 11.8 Å². The summed E-state index contributed by atoms with van der Waals surface area (Å²) in [7, 11) is 0. The van der Waals surface area contributed by atoms with Gasteiger partial charge in [0.15, 0.2) is 11.6 Å². The molecule has 4 nitrogen and oxygen atoms in total. The standard InChI is InChI=1S/C17H19F2N3O/c18-15-6-5-12(8-16(15)19)3-4-13-2-1-7-22(11-13)17(23)14-9-20-21-10-14/h5-6,8-10,13H,1-4,7,11H2,(H,20,21). The maximum Gasteiger partial charge on any atom is 0.257 e. The number of carbonyl (C=O) groups is 1. The molecule has 2 heterocycles. The van der Waals surface area contributed by atoms with Crippen LogP contribution in [0, 0.1) is 17.6 Å². The minimum Gasteiger partial charge on any atom is -0.338 e. The monoisotopic (exact) mass is 319 g/mol. The van der Waals surface area contributed by atoms with Crippen LogP contribution in [0.5, 0.6) is 0 Å². The highest BCUT2D eigenvalue weighted by molar-refractivity contribution is 5.93. The van der Waals surface area contributed by atoms with Gasteiger partial charge < -0.3 is 4.90 Å². The summed E-state index contributed by atoms with van der Waals surface area (Å²) in [5, 5.41) is 6.46. The van der Waals surface area contributed by atoms with E-state index in [9.17, 15) is 13.6 Å². The molecule has 1 N–H and O–H groups in total. The number of aromatic amines is 1. The zero-order chi connectivity index (χ0) is 16.2. The Hall–Kier alpha value is -2.24. The van der Waals surface area contributed by atoms with Crippen molar-refractivity contribution in [1.29, 1.82) is 0 Å². The second kappa shape index (κ2) is 6.89. The Morgan fingerprint density at radius 1 is 1.35 bits per heavy atom. The minimum atomic E-state index is -0.816. The van der Waals surface area contributed by atoms with Gasteiger partial charge in [-0.15, -0.1) is 0 Å². The molecule has 1 amide bonds. The second-order valence-corrected chi connectivity index (χ2v) is 6.03. The van der Waals surface area contributed by atoms with Crippen LogP contribution >= 0.6 is 0 Å². The first-order valence-corrected chi connectivity index (χ1v) is 7.85. The highest BCUT2D eigenvalue weighted by atomic mass is 19.2. The number of hydrogen-bond acceptors (Lipinski definition) is 2. The van der Waals surface area contributed by atoms with Crippen LogP contribution in [0.1, 0.15) is 35.2 Å². The Morgan fingerprint density at radius 2 is 2.22 bits per heavy atom. The molecule has 1 aromatic heterocycles. The van der Waals surface area contributed by atoms with E-state index in [1.54, 1.807) is 12.3 Å². The van der Waals surface area contributed by atoms with Crippen molar-refractivity contribution in [2.45, 2.75) is 25.7 Å². The SMILES string of the molecule is O=C(c1cn[nH]c1)N1CCCC(CCc2ccc(F)c(F)c2)C1. The van der Waals surface area contributed by atoms with Crippen molar-refractivity contribution >= 4 is 5.91 Å². The minimum absolute atomic E-state index is 0.00345. The van der Waals surface area contributed by atoms with E-state index in [1.807, 2.05) is 4.90 Å². The van der Waals surface area contributed by atoms with Crippen LogP contribution in [0.25, 0.3) is 0 Å². The number of aromatic nitrogens is 2. The van der Waals surface area contributed by atoms with Crippen molar-refractivity contribution in [3.8, 4) is 0 Å². The number of aryl methyl sites for hydroxylation is 1. The fraction of sp³-hybridized carbons (Fsp3) is 0.412. The lowest BCUT2D eigenvalue weighted by molar-refractivity contribution is 0.0668. The molecule has 23 heavy (non-hydrogen) atoms. The number of likely N-dealkylation sites (tertiary alicyclic amines) is 1. The molecule has 1 aliphatic heterocycles. The van der Waals surface area contributed by atoms with Crippen molar-refractivity contribution in [2.24, 2.45) is 5.92 Å². The van der Waals surface area contributed by atoms with Gasteiger partial charge in [-0.1, -0.05) is 6.07 Å². The number of benzene rings is 1. The van der Waals surface area contributed by atoms with Crippen molar-refractivity contribution in [3.05, 3.63) is 53.4 Å². The number of nitrogens with one attached hydrogen (secondary N) is 1. The number of amides is 1. The molecule has 1 saturated heterocycles. The average Bonchev–Trinajstić information content (AvgIpc) is 3.10. The number of rotatable bonds is 4. The zero-order valence-corrected chi connectivity index (χ0v) is 12.8. The maximum atomic E-state index is 13.2. The third kappa shape index (κ3) is 3.75. The number of halogens is 2. The largest absolute Gasteiger partial charge is 0.338 e. The summed E-state index contributed by atoms with van der Waals surface area (Å²) >= 11 is 0. The smallest absolute Gasteiger partial charge is 0.257 e. The Bertz CT molecular complexity index is 672. The number of H-pyrrole nitrogens is 1. The fourth-order valence-electron chi connectivity index (χ4n) is 3.10. The zero-order valence-electron chi connectivity index (χ0n) is 12.8.